The zero-order chi connectivity index (χ0) is 15.9. The van der Waals surface area contributed by atoms with Gasteiger partial charge in [0, 0.05) is 11.8 Å². The fourth-order valence-corrected chi connectivity index (χ4v) is 2.58. The molecule has 0 saturated heterocycles. The fourth-order valence-electron chi connectivity index (χ4n) is 1.71. The number of benzene rings is 1. The summed E-state index contributed by atoms with van der Waals surface area (Å²) in [6.45, 7) is 1.77. The quantitative estimate of drug-likeness (QED) is 0.831. The molecular weight excluding hydrogens is 300 g/mol. The van der Waals surface area contributed by atoms with Crippen molar-refractivity contribution in [2.24, 2.45) is 0 Å². The molecule has 1 heterocycles. The summed E-state index contributed by atoms with van der Waals surface area (Å²) in [7, 11) is 0. The standard InChI is InChI=1S/C16H14N2O3S/c1-11(19)18-9-14-5-6-16(22-14)15(20)10-21-13-4-2-3-12(7-13)8-17/h2-7H,9-10H2,1H3,(H,18,19). The molecule has 1 N–H and O–H groups in total. The monoisotopic (exact) mass is 314 g/mol. The summed E-state index contributed by atoms with van der Waals surface area (Å²) in [4.78, 5) is 24.4. The van der Waals surface area contributed by atoms with Gasteiger partial charge >= 0.3 is 0 Å². The highest BCUT2D eigenvalue weighted by atomic mass is 32.1. The lowest BCUT2D eigenvalue weighted by atomic mass is 10.2. The van der Waals surface area contributed by atoms with Crippen LogP contribution in [0, 0.1) is 11.3 Å². The number of nitrogens with zero attached hydrogens (tertiary/aromatic N) is 1. The van der Waals surface area contributed by atoms with E-state index in [1.165, 1.54) is 18.3 Å². The molecule has 6 heteroatoms. The lowest BCUT2D eigenvalue weighted by Crippen LogP contribution is -2.18. The minimum Gasteiger partial charge on any atom is -0.485 e. The molecule has 0 unspecified atom stereocenters. The summed E-state index contributed by atoms with van der Waals surface area (Å²) in [6, 6.07) is 12.2. The minimum absolute atomic E-state index is 0.0883. The number of thiophene rings is 1. The Labute approximate surface area is 132 Å². The van der Waals surface area contributed by atoms with E-state index in [-0.39, 0.29) is 18.3 Å². The Bertz CT molecular complexity index is 731. The molecule has 0 radical (unpaired) electrons. The van der Waals surface area contributed by atoms with E-state index in [0.717, 1.165) is 4.88 Å². The minimum atomic E-state index is -0.138. The van der Waals surface area contributed by atoms with Crippen LogP contribution >= 0.6 is 11.3 Å². The van der Waals surface area contributed by atoms with Crippen molar-refractivity contribution in [3.05, 3.63) is 51.7 Å². The van der Waals surface area contributed by atoms with Crippen LogP contribution in [-0.4, -0.2) is 18.3 Å². The number of ketones is 1. The van der Waals surface area contributed by atoms with Crippen LogP contribution in [-0.2, 0) is 11.3 Å². The molecule has 1 aromatic carbocycles. The summed E-state index contributed by atoms with van der Waals surface area (Å²) >= 11 is 1.33. The maximum absolute atomic E-state index is 12.1. The first-order valence-corrected chi connectivity index (χ1v) is 7.39. The molecule has 0 aliphatic carbocycles. The van der Waals surface area contributed by atoms with Crippen LogP contribution in [0.5, 0.6) is 5.75 Å². The van der Waals surface area contributed by atoms with E-state index in [2.05, 4.69) is 5.32 Å². The summed E-state index contributed by atoms with van der Waals surface area (Å²) in [5.41, 5.74) is 0.485. The van der Waals surface area contributed by atoms with Gasteiger partial charge in [0.1, 0.15) is 5.75 Å². The molecule has 0 atom stereocenters. The van der Waals surface area contributed by atoms with Gasteiger partial charge in [0.15, 0.2) is 6.61 Å². The lowest BCUT2D eigenvalue weighted by molar-refractivity contribution is -0.119. The fraction of sp³-hybridized carbons (Fsp3) is 0.188. The Balaban J connectivity index is 1.92. The van der Waals surface area contributed by atoms with Crippen molar-refractivity contribution >= 4 is 23.0 Å². The van der Waals surface area contributed by atoms with Crippen molar-refractivity contribution in [2.45, 2.75) is 13.5 Å². The van der Waals surface area contributed by atoms with Crippen molar-refractivity contribution in [1.82, 2.24) is 5.32 Å². The first-order valence-electron chi connectivity index (χ1n) is 6.58. The van der Waals surface area contributed by atoms with Crippen molar-refractivity contribution < 1.29 is 14.3 Å². The Morgan fingerprint density at radius 2 is 2.14 bits per heavy atom. The number of ether oxygens (including phenoxy) is 1. The Morgan fingerprint density at radius 3 is 2.86 bits per heavy atom. The van der Waals surface area contributed by atoms with Gasteiger partial charge in [-0.15, -0.1) is 11.3 Å². The van der Waals surface area contributed by atoms with Gasteiger partial charge in [-0.05, 0) is 30.3 Å². The molecule has 0 aliphatic rings. The summed E-state index contributed by atoms with van der Waals surface area (Å²) in [5, 5.41) is 11.5. The molecule has 0 bridgehead atoms. The molecule has 0 aliphatic heterocycles. The smallest absolute Gasteiger partial charge is 0.217 e. The number of nitriles is 1. The van der Waals surface area contributed by atoms with Crippen LogP contribution in [0.3, 0.4) is 0 Å². The maximum atomic E-state index is 12.1. The van der Waals surface area contributed by atoms with Crippen molar-refractivity contribution in [1.29, 1.82) is 5.26 Å². The molecule has 22 heavy (non-hydrogen) atoms. The van der Waals surface area contributed by atoms with E-state index in [4.69, 9.17) is 10.00 Å². The predicted octanol–water partition coefficient (Wildman–Crippen LogP) is 2.52. The lowest BCUT2D eigenvalue weighted by Gasteiger charge is -2.04. The zero-order valence-electron chi connectivity index (χ0n) is 12.0. The highest BCUT2D eigenvalue weighted by molar-refractivity contribution is 7.14. The SMILES string of the molecule is CC(=O)NCc1ccc(C(=O)COc2cccc(C#N)c2)s1. The highest BCUT2D eigenvalue weighted by Crippen LogP contribution is 2.18. The zero-order valence-corrected chi connectivity index (χ0v) is 12.8. The van der Waals surface area contributed by atoms with Crippen LogP contribution in [0.2, 0.25) is 0 Å². The number of rotatable bonds is 6. The number of amides is 1. The van der Waals surface area contributed by atoms with E-state index in [9.17, 15) is 9.59 Å². The molecule has 2 rings (SSSR count). The van der Waals surface area contributed by atoms with Crippen molar-refractivity contribution in [3.8, 4) is 11.8 Å². The van der Waals surface area contributed by atoms with Gasteiger partial charge in [-0.25, -0.2) is 0 Å². The maximum Gasteiger partial charge on any atom is 0.217 e. The summed E-state index contributed by atoms with van der Waals surface area (Å²) in [6.07, 6.45) is 0. The molecule has 0 fully saturated rings. The molecule has 1 aromatic heterocycles. The second-order valence-corrected chi connectivity index (χ2v) is 5.70. The molecule has 2 aromatic rings. The van der Waals surface area contributed by atoms with Crippen molar-refractivity contribution in [2.75, 3.05) is 6.61 Å². The van der Waals surface area contributed by atoms with E-state index < -0.39 is 0 Å². The highest BCUT2D eigenvalue weighted by Gasteiger charge is 2.10. The van der Waals surface area contributed by atoms with Gasteiger partial charge < -0.3 is 10.1 Å². The van der Waals surface area contributed by atoms with E-state index in [1.54, 1.807) is 30.3 Å². The van der Waals surface area contributed by atoms with Crippen LogP contribution < -0.4 is 10.1 Å². The van der Waals surface area contributed by atoms with Gasteiger partial charge in [-0.3, -0.25) is 9.59 Å². The summed E-state index contributed by atoms with van der Waals surface area (Å²) < 4.78 is 5.41. The van der Waals surface area contributed by atoms with E-state index in [1.807, 2.05) is 12.1 Å². The molecule has 1 amide bonds. The molecule has 112 valence electrons. The van der Waals surface area contributed by atoms with Crippen LogP contribution in [0.15, 0.2) is 36.4 Å². The second kappa shape index (κ2) is 7.38. The average molecular weight is 314 g/mol. The number of carbonyl (C=O) groups excluding carboxylic acids is 2. The molecular formula is C16H14N2O3S. The van der Waals surface area contributed by atoms with E-state index >= 15 is 0 Å². The number of Topliss-reactive ketones (excluding diaryl/α,β-unsaturated/α-hetero) is 1. The van der Waals surface area contributed by atoms with Crippen LogP contribution in [0.25, 0.3) is 0 Å². The topological polar surface area (TPSA) is 79.2 Å². The first-order chi connectivity index (χ1) is 10.6. The third-order valence-corrected chi connectivity index (χ3v) is 3.91. The van der Waals surface area contributed by atoms with Gasteiger partial charge in [0.05, 0.1) is 23.1 Å². The number of hydrogen-bond donors (Lipinski definition) is 1. The molecule has 0 saturated carbocycles. The third kappa shape index (κ3) is 4.43. The van der Waals surface area contributed by atoms with Crippen LogP contribution in [0.1, 0.15) is 27.0 Å². The van der Waals surface area contributed by atoms with Gasteiger partial charge in [-0.1, -0.05) is 6.07 Å². The third-order valence-electron chi connectivity index (χ3n) is 2.78. The number of hydrogen-bond acceptors (Lipinski definition) is 5. The summed E-state index contributed by atoms with van der Waals surface area (Å²) in [5.74, 6) is 0.242. The molecule has 5 nitrogen and oxygen atoms in total. The van der Waals surface area contributed by atoms with Crippen molar-refractivity contribution in [3.63, 3.8) is 0 Å². The molecule has 0 spiro atoms. The Kier molecular flexibility index (Phi) is 5.28. The normalized spacial score (nSPS) is 9.82. The van der Waals surface area contributed by atoms with Gasteiger partial charge in [0.25, 0.3) is 0 Å². The second-order valence-electron chi connectivity index (χ2n) is 4.53. The largest absolute Gasteiger partial charge is 0.485 e. The Hall–Kier alpha value is -2.65. The number of carbonyl (C=O) groups is 2. The van der Waals surface area contributed by atoms with Crippen LogP contribution in [0.4, 0.5) is 0 Å². The Morgan fingerprint density at radius 1 is 1.32 bits per heavy atom. The predicted molar refractivity (Wildman–Crippen MR) is 82.8 cm³/mol. The first kappa shape index (κ1) is 15.7. The average Bonchev–Trinajstić information content (AvgIpc) is 3.00. The van der Waals surface area contributed by atoms with Gasteiger partial charge in [-0.2, -0.15) is 5.26 Å². The van der Waals surface area contributed by atoms with Gasteiger partial charge in [0.2, 0.25) is 11.7 Å². The van der Waals surface area contributed by atoms with E-state index in [0.29, 0.717) is 22.7 Å². The number of nitrogens with one attached hydrogen (secondary N) is 1.